The fraction of sp³-hybridized carbons (Fsp3) is 0.957. The van der Waals surface area contributed by atoms with E-state index < -0.39 is 12.1 Å². The molecule has 0 aromatic carbocycles. The Balaban J connectivity index is 1.65. The van der Waals surface area contributed by atoms with Gasteiger partial charge in [0, 0.05) is 6.42 Å². The van der Waals surface area contributed by atoms with E-state index in [0.29, 0.717) is 12.3 Å². The zero-order valence-electron chi connectivity index (χ0n) is 17.6. The summed E-state index contributed by atoms with van der Waals surface area (Å²) in [6.07, 6.45) is 5.02. The normalized spacial score (nSPS) is 54.4. The summed E-state index contributed by atoms with van der Waals surface area (Å²) in [7, 11) is 0. The van der Waals surface area contributed by atoms with Crippen LogP contribution < -0.4 is 0 Å². The van der Waals surface area contributed by atoms with Crippen LogP contribution in [0.4, 0.5) is 0 Å². The van der Waals surface area contributed by atoms with E-state index in [0.717, 1.165) is 38.5 Å². The first-order valence-corrected chi connectivity index (χ1v) is 11.3. The van der Waals surface area contributed by atoms with E-state index in [-0.39, 0.29) is 59.0 Å². The first kappa shape index (κ1) is 20.6. The van der Waals surface area contributed by atoms with Crippen molar-refractivity contribution in [3.63, 3.8) is 0 Å². The average Bonchev–Trinajstić information content (AvgIpc) is 2.95. The lowest BCUT2D eigenvalue weighted by Gasteiger charge is -2.63. The van der Waals surface area contributed by atoms with Crippen LogP contribution in [0.2, 0.25) is 0 Å². The van der Waals surface area contributed by atoms with Crippen molar-refractivity contribution in [3.05, 3.63) is 0 Å². The zero-order valence-corrected chi connectivity index (χ0v) is 17.6. The number of carboxylic acid groups (broad SMARTS) is 1. The Labute approximate surface area is 168 Å². The average molecular weight is 395 g/mol. The molecule has 0 heterocycles. The highest BCUT2D eigenvalue weighted by Crippen LogP contribution is 2.68. The monoisotopic (exact) mass is 394 g/mol. The van der Waals surface area contributed by atoms with E-state index in [9.17, 15) is 25.2 Å². The molecule has 11 atom stereocenters. The Morgan fingerprint density at radius 3 is 2.43 bits per heavy atom. The number of carbonyl (C=O) groups is 1. The van der Waals surface area contributed by atoms with E-state index in [1.807, 2.05) is 6.92 Å². The van der Waals surface area contributed by atoms with Gasteiger partial charge in [0.05, 0.1) is 18.3 Å². The molecular formula is C23H38O5. The minimum Gasteiger partial charge on any atom is -0.481 e. The Kier molecular flexibility index (Phi) is 5.12. The van der Waals surface area contributed by atoms with Gasteiger partial charge in [0.2, 0.25) is 0 Å². The summed E-state index contributed by atoms with van der Waals surface area (Å²) in [5, 5.41) is 42.1. The van der Waals surface area contributed by atoms with Gasteiger partial charge >= 0.3 is 5.97 Å². The predicted molar refractivity (Wildman–Crippen MR) is 105 cm³/mol. The van der Waals surface area contributed by atoms with Crippen LogP contribution in [0, 0.1) is 46.3 Å². The summed E-state index contributed by atoms with van der Waals surface area (Å²) in [5.74, 6) is 0.510. The van der Waals surface area contributed by atoms with Gasteiger partial charge in [0.15, 0.2) is 0 Å². The second-order valence-electron chi connectivity index (χ2n) is 11.1. The van der Waals surface area contributed by atoms with Crippen molar-refractivity contribution in [2.24, 2.45) is 46.3 Å². The molecule has 4 aliphatic rings. The Morgan fingerprint density at radius 2 is 1.75 bits per heavy atom. The van der Waals surface area contributed by atoms with Crippen LogP contribution in [0.3, 0.4) is 0 Å². The molecule has 160 valence electrons. The van der Waals surface area contributed by atoms with Crippen LogP contribution in [0.15, 0.2) is 0 Å². The van der Waals surface area contributed by atoms with E-state index in [1.54, 1.807) is 0 Å². The number of aliphatic hydroxyl groups excluding tert-OH is 3. The maximum absolute atomic E-state index is 11.4. The second kappa shape index (κ2) is 6.95. The first-order chi connectivity index (χ1) is 13.1. The molecule has 0 radical (unpaired) electrons. The van der Waals surface area contributed by atoms with Crippen molar-refractivity contribution in [3.8, 4) is 0 Å². The van der Waals surface area contributed by atoms with Gasteiger partial charge in [-0.15, -0.1) is 0 Å². The largest absolute Gasteiger partial charge is 0.481 e. The second-order valence-corrected chi connectivity index (χ2v) is 11.1. The van der Waals surface area contributed by atoms with Gasteiger partial charge in [-0.05, 0) is 91.3 Å². The van der Waals surface area contributed by atoms with E-state index in [1.165, 1.54) is 0 Å². The summed E-state index contributed by atoms with van der Waals surface area (Å²) >= 11 is 0. The van der Waals surface area contributed by atoms with Crippen molar-refractivity contribution in [1.82, 2.24) is 0 Å². The summed E-state index contributed by atoms with van der Waals surface area (Å²) in [4.78, 5) is 11.3. The summed E-state index contributed by atoms with van der Waals surface area (Å²) in [6.45, 7) is 6.52. The van der Waals surface area contributed by atoms with Crippen LogP contribution >= 0.6 is 0 Å². The van der Waals surface area contributed by atoms with Crippen LogP contribution in [0.1, 0.15) is 72.1 Å². The number of rotatable bonds is 3. The van der Waals surface area contributed by atoms with Crippen LogP contribution in [0.5, 0.6) is 0 Å². The fourth-order valence-electron chi connectivity index (χ4n) is 8.55. The van der Waals surface area contributed by atoms with Gasteiger partial charge in [-0.2, -0.15) is 0 Å². The lowest BCUT2D eigenvalue weighted by molar-refractivity contribution is -0.207. The molecule has 4 fully saturated rings. The number of hydrogen-bond acceptors (Lipinski definition) is 4. The Morgan fingerprint density at radius 1 is 1.04 bits per heavy atom. The van der Waals surface area contributed by atoms with Crippen molar-refractivity contribution >= 4 is 5.97 Å². The molecule has 0 aliphatic heterocycles. The standard InChI is InChI=1S/C23H38O5/c1-12(8-20(27)28)15-4-5-16-21-17(11-19(26)23(15,16)3)22(2)7-6-14(24)9-13(22)10-18(21)25/h12-19,21,24-26H,4-11H2,1-3H3,(H,27,28)/t12-,13-,14+,15-,16+,17+,18-,19-,21+,22+,23-/m1/s1. The third-order valence-corrected chi connectivity index (χ3v) is 10.0. The highest BCUT2D eigenvalue weighted by molar-refractivity contribution is 5.67. The predicted octanol–water partition coefficient (Wildman–Crippen LogP) is 3.06. The summed E-state index contributed by atoms with van der Waals surface area (Å²) < 4.78 is 0. The highest BCUT2D eigenvalue weighted by atomic mass is 16.4. The van der Waals surface area contributed by atoms with Gasteiger partial charge < -0.3 is 20.4 Å². The topological polar surface area (TPSA) is 98.0 Å². The molecule has 0 unspecified atom stereocenters. The molecule has 4 saturated carbocycles. The molecule has 0 bridgehead atoms. The summed E-state index contributed by atoms with van der Waals surface area (Å²) in [6, 6.07) is 0. The number of fused-ring (bicyclic) bond motifs is 5. The van der Waals surface area contributed by atoms with Crippen LogP contribution in [-0.4, -0.2) is 44.7 Å². The molecule has 4 aliphatic carbocycles. The first-order valence-electron chi connectivity index (χ1n) is 11.3. The number of carboxylic acids is 1. The van der Waals surface area contributed by atoms with Gasteiger partial charge in [-0.1, -0.05) is 20.8 Å². The smallest absolute Gasteiger partial charge is 0.303 e. The van der Waals surface area contributed by atoms with Crippen LogP contribution in [0.25, 0.3) is 0 Å². The lowest BCUT2D eigenvalue weighted by Crippen LogP contribution is -2.62. The molecule has 5 heteroatoms. The molecule has 0 aromatic rings. The molecule has 4 N–H and O–H groups in total. The number of hydrogen-bond donors (Lipinski definition) is 4. The van der Waals surface area contributed by atoms with Gasteiger partial charge in [-0.3, -0.25) is 4.79 Å². The van der Waals surface area contributed by atoms with Gasteiger partial charge in [0.25, 0.3) is 0 Å². The van der Waals surface area contributed by atoms with Gasteiger partial charge in [-0.25, -0.2) is 0 Å². The van der Waals surface area contributed by atoms with Crippen molar-refractivity contribution in [1.29, 1.82) is 0 Å². The maximum atomic E-state index is 11.4. The Hall–Kier alpha value is -0.650. The zero-order chi connectivity index (χ0) is 20.4. The van der Waals surface area contributed by atoms with Crippen molar-refractivity contribution in [2.45, 2.75) is 90.4 Å². The summed E-state index contributed by atoms with van der Waals surface area (Å²) in [5.41, 5.74) is -0.232. The van der Waals surface area contributed by atoms with E-state index in [2.05, 4.69) is 13.8 Å². The molecule has 28 heavy (non-hydrogen) atoms. The molecule has 0 amide bonds. The third-order valence-electron chi connectivity index (χ3n) is 10.0. The van der Waals surface area contributed by atoms with Crippen molar-refractivity contribution < 1.29 is 25.2 Å². The molecule has 0 aromatic heterocycles. The Bertz CT molecular complexity index is 622. The molecule has 4 rings (SSSR count). The molecule has 0 saturated heterocycles. The quantitative estimate of drug-likeness (QED) is 0.590. The fourth-order valence-corrected chi connectivity index (χ4v) is 8.55. The van der Waals surface area contributed by atoms with Gasteiger partial charge in [0.1, 0.15) is 0 Å². The minimum absolute atomic E-state index is 0.0348. The molecule has 5 nitrogen and oxygen atoms in total. The highest BCUT2D eigenvalue weighted by Gasteiger charge is 2.65. The molecule has 0 spiro atoms. The minimum atomic E-state index is -0.767. The number of aliphatic hydroxyl groups is 3. The van der Waals surface area contributed by atoms with E-state index >= 15 is 0 Å². The lowest BCUT2D eigenvalue weighted by atomic mass is 9.43. The van der Waals surface area contributed by atoms with Crippen molar-refractivity contribution in [2.75, 3.05) is 0 Å². The third kappa shape index (κ3) is 2.87. The SMILES string of the molecule is C[C@H](CC(=O)O)[C@H]1CC[C@H]2[C@@H]3[C@H](O)C[C@H]4C[C@@H](O)CC[C@]4(C)[C@H]3C[C@@H](O)[C@]12C. The molecular weight excluding hydrogens is 356 g/mol. The maximum Gasteiger partial charge on any atom is 0.303 e. The van der Waals surface area contributed by atoms with E-state index in [4.69, 9.17) is 0 Å². The number of aliphatic carboxylic acids is 1. The van der Waals surface area contributed by atoms with Crippen LogP contribution in [-0.2, 0) is 4.79 Å².